The summed E-state index contributed by atoms with van der Waals surface area (Å²) in [4.78, 5) is 28.8. The Balaban J connectivity index is 1.62. The minimum atomic E-state index is -3.85. The molecule has 1 aliphatic heterocycles. The van der Waals surface area contributed by atoms with Crippen molar-refractivity contribution in [3.63, 3.8) is 0 Å². The lowest BCUT2D eigenvalue weighted by molar-refractivity contribution is -0.00833. The Hall–Kier alpha value is -3.68. The van der Waals surface area contributed by atoms with Crippen molar-refractivity contribution in [2.75, 3.05) is 44.0 Å². The topological polar surface area (TPSA) is 138 Å². The second-order valence-electron chi connectivity index (χ2n) is 12.2. The fourth-order valence-electron chi connectivity index (χ4n) is 5.42. The predicted molar refractivity (Wildman–Crippen MR) is 187 cm³/mol. The number of carbonyl (C=O) groups excluding carboxylic acids is 2. The van der Waals surface area contributed by atoms with Crippen LogP contribution in [0.25, 0.3) is 0 Å². The number of urea groups is 1. The van der Waals surface area contributed by atoms with E-state index in [1.165, 1.54) is 35.6 Å². The summed E-state index contributed by atoms with van der Waals surface area (Å²) in [7, 11) is -2.35. The minimum Gasteiger partial charge on any atom is -0.490 e. The number of hydrogen-bond acceptors (Lipinski definition) is 7. The molecule has 4 atom stereocenters. The summed E-state index contributed by atoms with van der Waals surface area (Å²) in [6.07, 6.45) is 1.42. The maximum absolute atomic E-state index is 14.3. The van der Waals surface area contributed by atoms with Gasteiger partial charge in [0.2, 0.25) is 10.0 Å². The molecule has 0 spiro atoms. The van der Waals surface area contributed by atoms with E-state index in [0.717, 1.165) is 12.8 Å². The maximum atomic E-state index is 14.3. The first-order valence-electron chi connectivity index (χ1n) is 16.1. The standard InChI is InChI=1S/C35H45ClN4O7S/c1-24-21-40(25(2)23-41)34(42)31-20-29(38-35(43)37-28-11-6-5-7-12-28)15-18-32(31)47-26(3)10-8-9-19-46-33(24)22-39(4)48(44,45)30-16-13-27(36)14-17-30/h5-7,11-18,20,24-26,33,41H,8-10,19,21-23H2,1-4H3,(H2,37,38,43)/t24-,25+,26+,33-/m1/s1. The molecule has 48 heavy (non-hydrogen) atoms. The summed E-state index contributed by atoms with van der Waals surface area (Å²) in [5.74, 6) is -0.381. The summed E-state index contributed by atoms with van der Waals surface area (Å²) in [6, 6.07) is 18.8. The van der Waals surface area contributed by atoms with Crippen molar-refractivity contribution in [1.82, 2.24) is 9.21 Å². The SMILES string of the molecule is C[C@@H]1CN([C@@H](C)CO)C(=O)c2cc(NC(=O)Nc3ccccc3)ccc2O[C@@H](C)CCCCO[C@@H]1CN(C)S(=O)(=O)c1ccc(Cl)cc1. The third-order valence-electron chi connectivity index (χ3n) is 8.30. The average molecular weight is 701 g/mol. The van der Waals surface area contributed by atoms with Gasteiger partial charge in [-0.15, -0.1) is 0 Å². The van der Waals surface area contributed by atoms with E-state index in [2.05, 4.69) is 10.6 Å². The molecular formula is C35H45ClN4O7S. The first-order valence-corrected chi connectivity index (χ1v) is 17.9. The normalized spacial score (nSPS) is 20.3. The van der Waals surface area contributed by atoms with Crippen LogP contribution in [0.5, 0.6) is 5.75 Å². The quantitative estimate of drug-likeness (QED) is 0.258. The maximum Gasteiger partial charge on any atom is 0.323 e. The summed E-state index contributed by atoms with van der Waals surface area (Å²) in [5, 5.41) is 16.2. The average Bonchev–Trinajstić information content (AvgIpc) is 3.06. The molecule has 0 aromatic heterocycles. The molecule has 3 aromatic rings. The summed E-state index contributed by atoms with van der Waals surface area (Å²) in [5.41, 5.74) is 1.22. The number of hydrogen-bond donors (Lipinski definition) is 3. The van der Waals surface area contributed by atoms with Gasteiger partial charge in [-0.2, -0.15) is 4.31 Å². The first kappa shape index (κ1) is 37.1. The lowest BCUT2D eigenvalue weighted by atomic mass is 10.0. The molecule has 4 rings (SSSR count). The Morgan fingerprint density at radius 3 is 2.42 bits per heavy atom. The first-order chi connectivity index (χ1) is 22.9. The van der Waals surface area contributed by atoms with Crippen LogP contribution in [0.1, 0.15) is 50.4 Å². The molecule has 0 radical (unpaired) electrons. The zero-order valence-corrected chi connectivity index (χ0v) is 29.3. The Morgan fingerprint density at radius 2 is 1.73 bits per heavy atom. The molecule has 3 aromatic carbocycles. The van der Waals surface area contributed by atoms with Crippen LogP contribution in [0.4, 0.5) is 16.2 Å². The number of nitrogens with one attached hydrogen (secondary N) is 2. The molecule has 3 N–H and O–H groups in total. The zero-order valence-electron chi connectivity index (χ0n) is 27.8. The van der Waals surface area contributed by atoms with Crippen LogP contribution >= 0.6 is 11.6 Å². The van der Waals surface area contributed by atoms with Gasteiger partial charge in [-0.1, -0.05) is 36.7 Å². The van der Waals surface area contributed by atoms with Gasteiger partial charge in [0.05, 0.1) is 35.3 Å². The lowest BCUT2D eigenvalue weighted by Crippen LogP contribution is -2.48. The van der Waals surface area contributed by atoms with Gasteiger partial charge in [-0.05, 0) is 87.7 Å². The molecule has 0 aliphatic carbocycles. The number of benzene rings is 3. The van der Waals surface area contributed by atoms with Crippen LogP contribution in [-0.4, -0.2) is 86.3 Å². The number of carbonyl (C=O) groups is 2. The number of ether oxygens (including phenoxy) is 2. The van der Waals surface area contributed by atoms with E-state index in [4.69, 9.17) is 21.1 Å². The van der Waals surface area contributed by atoms with E-state index in [9.17, 15) is 23.1 Å². The smallest absolute Gasteiger partial charge is 0.323 e. The Bertz CT molecular complexity index is 1630. The van der Waals surface area contributed by atoms with Crippen molar-refractivity contribution in [2.24, 2.45) is 5.92 Å². The van der Waals surface area contributed by atoms with Crippen LogP contribution in [0.15, 0.2) is 77.7 Å². The van der Waals surface area contributed by atoms with Gasteiger partial charge in [-0.25, -0.2) is 13.2 Å². The Labute approximate surface area is 288 Å². The van der Waals surface area contributed by atoms with Crippen LogP contribution in [0.3, 0.4) is 0 Å². The van der Waals surface area contributed by atoms with E-state index in [-0.39, 0.29) is 42.2 Å². The second kappa shape index (κ2) is 17.1. The Morgan fingerprint density at radius 1 is 1.04 bits per heavy atom. The number of nitrogens with zero attached hydrogens (tertiary/aromatic N) is 2. The third-order valence-corrected chi connectivity index (χ3v) is 10.4. The number of rotatable bonds is 8. The van der Waals surface area contributed by atoms with E-state index < -0.39 is 34.1 Å². The van der Waals surface area contributed by atoms with Gasteiger partial charge in [-0.3, -0.25) is 4.79 Å². The number of likely N-dealkylation sites (N-methyl/N-ethyl adjacent to an activating group) is 1. The van der Waals surface area contributed by atoms with Gasteiger partial charge in [0.25, 0.3) is 5.91 Å². The second-order valence-corrected chi connectivity index (χ2v) is 14.7. The molecule has 11 nitrogen and oxygen atoms in total. The Kier molecular flexibility index (Phi) is 13.2. The number of sulfonamides is 1. The van der Waals surface area contributed by atoms with Crippen molar-refractivity contribution >= 4 is 44.9 Å². The molecule has 260 valence electrons. The third kappa shape index (κ3) is 9.93. The van der Waals surface area contributed by atoms with Crippen molar-refractivity contribution in [3.8, 4) is 5.75 Å². The number of amides is 3. The van der Waals surface area contributed by atoms with Crippen molar-refractivity contribution in [3.05, 3.63) is 83.4 Å². The predicted octanol–water partition coefficient (Wildman–Crippen LogP) is 6.10. The van der Waals surface area contributed by atoms with Crippen LogP contribution < -0.4 is 15.4 Å². The van der Waals surface area contributed by atoms with Crippen LogP contribution in [-0.2, 0) is 14.8 Å². The van der Waals surface area contributed by atoms with Gasteiger partial charge in [0, 0.05) is 49.1 Å². The highest BCUT2D eigenvalue weighted by atomic mass is 35.5. The summed E-state index contributed by atoms with van der Waals surface area (Å²) < 4.78 is 40.7. The van der Waals surface area contributed by atoms with Crippen LogP contribution in [0.2, 0.25) is 5.02 Å². The van der Waals surface area contributed by atoms with Gasteiger partial charge >= 0.3 is 6.03 Å². The van der Waals surface area contributed by atoms with E-state index >= 15 is 0 Å². The highest BCUT2D eigenvalue weighted by Crippen LogP contribution is 2.29. The molecule has 3 amide bonds. The number of aliphatic hydroxyl groups is 1. The van der Waals surface area contributed by atoms with Crippen molar-refractivity contribution in [2.45, 2.75) is 63.2 Å². The number of anilines is 2. The summed E-state index contributed by atoms with van der Waals surface area (Å²) in [6.45, 7) is 5.85. The van der Waals surface area contributed by atoms with Gasteiger partial charge in [0.15, 0.2) is 0 Å². The molecule has 1 aliphatic rings. The molecular weight excluding hydrogens is 656 g/mol. The van der Waals surface area contributed by atoms with Gasteiger partial charge in [0.1, 0.15) is 5.75 Å². The fourth-order valence-corrected chi connectivity index (χ4v) is 6.72. The van der Waals surface area contributed by atoms with Gasteiger partial charge < -0.3 is 30.1 Å². The van der Waals surface area contributed by atoms with E-state index in [1.807, 2.05) is 32.0 Å². The van der Waals surface area contributed by atoms with E-state index in [0.29, 0.717) is 35.2 Å². The molecule has 0 bridgehead atoms. The monoisotopic (exact) mass is 700 g/mol. The molecule has 13 heteroatoms. The zero-order chi connectivity index (χ0) is 34.8. The lowest BCUT2D eigenvalue weighted by Gasteiger charge is -2.35. The largest absolute Gasteiger partial charge is 0.490 e. The molecule has 1 heterocycles. The number of fused-ring (bicyclic) bond motifs is 1. The summed E-state index contributed by atoms with van der Waals surface area (Å²) >= 11 is 5.98. The molecule has 0 fully saturated rings. The number of para-hydroxylation sites is 1. The van der Waals surface area contributed by atoms with Crippen molar-refractivity contribution < 1.29 is 32.6 Å². The molecule has 0 saturated heterocycles. The highest BCUT2D eigenvalue weighted by molar-refractivity contribution is 7.89. The fraction of sp³-hybridized carbons (Fsp3) is 0.429. The number of halogens is 1. The molecule has 0 saturated carbocycles. The van der Waals surface area contributed by atoms with Crippen LogP contribution in [0, 0.1) is 5.92 Å². The van der Waals surface area contributed by atoms with E-state index in [1.54, 1.807) is 42.2 Å². The minimum absolute atomic E-state index is 0.0440. The van der Waals surface area contributed by atoms with Crippen molar-refractivity contribution in [1.29, 1.82) is 0 Å². The highest BCUT2D eigenvalue weighted by Gasteiger charge is 2.32. The molecule has 0 unspecified atom stereocenters. The number of aliphatic hydroxyl groups excluding tert-OH is 1.